The Morgan fingerprint density at radius 2 is 1.74 bits per heavy atom. The molecule has 3 fully saturated rings. The Labute approximate surface area is 181 Å². The van der Waals surface area contributed by atoms with Gasteiger partial charge in [-0.25, -0.2) is 9.59 Å². The maximum Gasteiger partial charge on any atom is 0.325 e. The molecule has 0 radical (unpaired) electrons. The number of aryl methyl sites for hydroxylation is 1. The summed E-state index contributed by atoms with van der Waals surface area (Å²) in [6.45, 7) is 3.81. The zero-order chi connectivity index (χ0) is 22.0. The van der Waals surface area contributed by atoms with E-state index in [1.54, 1.807) is 9.80 Å². The maximum absolute atomic E-state index is 12.7. The van der Waals surface area contributed by atoms with Crippen molar-refractivity contribution < 1.29 is 19.2 Å². The molecule has 9 nitrogen and oxygen atoms in total. The summed E-state index contributed by atoms with van der Waals surface area (Å²) in [5, 5.41) is 5.72. The first-order valence-electron chi connectivity index (χ1n) is 10.9. The molecule has 3 aliphatic rings. The number of amides is 6. The molecule has 31 heavy (non-hydrogen) atoms. The van der Waals surface area contributed by atoms with Gasteiger partial charge in [0.2, 0.25) is 5.91 Å². The molecule has 0 unspecified atom stereocenters. The molecule has 2 N–H and O–H groups in total. The summed E-state index contributed by atoms with van der Waals surface area (Å²) < 4.78 is 0. The Morgan fingerprint density at radius 3 is 2.42 bits per heavy atom. The summed E-state index contributed by atoms with van der Waals surface area (Å²) in [6, 6.07) is 7.03. The molecule has 2 aliphatic heterocycles. The van der Waals surface area contributed by atoms with E-state index < -0.39 is 11.6 Å². The second-order valence-corrected chi connectivity index (χ2v) is 8.59. The second-order valence-electron chi connectivity index (χ2n) is 8.59. The van der Waals surface area contributed by atoms with Gasteiger partial charge in [0.25, 0.3) is 5.91 Å². The number of nitrogens with zero attached hydrogens (tertiary/aromatic N) is 3. The van der Waals surface area contributed by atoms with Crippen LogP contribution in [-0.2, 0) is 9.59 Å². The van der Waals surface area contributed by atoms with Gasteiger partial charge in [-0.3, -0.25) is 14.5 Å². The van der Waals surface area contributed by atoms with Crippen LogP contribution >= 0.6 is 0 Å². The Bertz CT molecular complexity index is 888. The van der Waals surface area contributed by atoms with Crippen LogP contribution in [-0.4, -0.2) is 76.8 Å². The van der Waals surface area contributed by atoms with Crippen molar-refractivity contribution >= 4 is 29.6 Å². The zero-order valence-electron chi connectivity index (χ0n) is 17.9. The van der Waals surface area contributed by atoms with Gasteiger partial charge in [0, 0.05) is 44.8 Å². The van der Waals surface area contributed by atoms with E-state index in [4.69, 9.17) is 0 Å². The highest BCUT2D eigenvalue weighted by atomic mass is 16.2. The topological polar surface area (TPSA) is 102 Å². The van der Waals surface area contributed by atoms with Crippen LogP contribution in [0.5, 0.6) is 0 Å². The maximum atomic E-state index is 12.7. The van der Waals surface area contributed by atoms with Gasteiger partial charge >= 0.3 is 12.1 Å². The van der Waals surface area contributed by atoms with Gasteiger partial charge in [0.1, 0.15) is 5.54 Å². The van der Waals surface area contributed by atoms with Crippen molar-refractivity contribution in [3.8, 4) is 0 Å². The molecule has 2 saturated heterocycles. The SMILES string of the molecule is Cc1cccc(NC(=O)N2CCN(C(=O)CCN3C(=O)NC4(CCCC4)C3=O)CC2)c1. The van der Waals surface area contributed by atoms with Crippen molar-refractivity contribution in [2.75, 3.05) is 38.0 Å². The van der Waals surface area contributed by atoms with Gasteiger partial charge in [-0.2, -0.15) is 0 Å². The van der Waals surface area contributed by atoms with Crippen molar-refractivity contribution in [1.82, 2.24) is 20.0 Å². The number of piperazine rings is 1. The van der Waals surface area contributed by atoms with E-state index in [0.717, 1.165) is 24.1 Å². The van der Waals surface area contributed by atoms with Gasteiger partial charge in [-0.1, -0.05) is 25.0 Å². The smallest absolute Gasteiger partial charge is 0.325 e. The minimum Gasteiger partial charge on any atom is -0.339 e. The van der Waals surface area contributed by atoms with E-state index in [1.165, 1.54) is 4.90 Å². The fourth-order valence-corrected chi connectivity index (χ4v) is 4.65. The third-order valence-corrected chi connectivity index (χ3v) is 6.44. The first-order valence-corrected chi connectivity index (χ1v) is 10.9. The Balaban J connectivity index is 1.24. The van der Waals surface area contributed by atoms with Crippen molar-refractivity contribution in [1.29, 1.82) is 0 Å². The molecule has 1 saturated carbocycles. The number of hydrogen-bond donors (Lipinski definition) is 2. The highest BCUT2D eigenvalue weighted by Crippen LogP contribution is 2.35. The highest BCUT2D eigenvalue weighted by molar-refractivity contribution is 6.07. The highest BCUT2D eigenvalue weighted by Gasteiger charge is 2.52. The number of imide groups is 1. The number of anilines is 1. The molecule has 0 bridgehead atoms. The zero-order valence-corrected chi connectivity index (χ0v) is 17.9. The van der Waals surface area contributed by atoms with Gasteiger partial charge in [-0.05, 0) is 37.5 Å². The van der Waals surface area contributed by atoms with Crippen molar-refractivity contribution in [2.45, 2.75) is 44.6 Å². The quantitative estimate of drug-likeness (QED) is 0.717. The Hall–Kier alpha value is -3.10. The fourth-order valence-electron chi connectivity index (χ4n) is 4.65. The summed E-state index contributed by atoms with van der Waals surface area (Å²) in [4.78, 5) is 54.6. The van der Waals surface area contributed by atoms with Crippen LogP contribution in [0.2, 0.25) is 0 Å². The van der Waals surface area contributed by atoms with Crippen LogP contribution in [0.15, 0.2) is 24.3 Å². The predicted octanol–water partition coefficient (Wildman–Crippen LogP) is 1.93. The standard InChI is InChI=1S/C22H29N5O4/c1-16-5-4-6-17(15-16)23-20(30)26-13-11-25(12-14-26)18(28)7-10-27-19(29)22(24-21(27)31)8-2-3-9-22/h4-6,15H,2-3,7-14H2,1H3,(H,23,30)(H,24,31). The average Bonchev–Trinajstić information content (AvgIpc) is 3.31. The van der Waals surface area contributed by atoms with Crippen LogP contribution in [0.1, 0.15) is 37.7 Å². The van der Waals surface area contributed by atoms with Gasteiger partial charge in [-0.15, -0.1) is 0 Å². The number of rotatable bonds is 4. The lowest BCUT2D eigenvalue weighted by Gasteiger charge is -2.35. The first-order chi connectivity index (χ1) is 14.9. The molecule has 1 aromatic rings. The molecular formula is C22H29N5O4. The predicted molar refractivity (Wildman–Crippen MR) is 114 cm³/mol. The lowest BCUT2D eigenvalue weighted by Crippen LogP contribution is -2.52. The van der Waals surface area contributed by atoms with Gasteiger partial charge in [0.15, 0.2) is 0 Å². The summed E-state index contributed by atoms with van der Waals surface area (Å²) in [5.74, 6) is -0.299. The van der Waals surface area contributed by atoms with Crippen LogP contribution < -0.4 is 10.6 Å². The van der Waals surface area contributed by atoms with E-state index in [9.17, 15) is 19.2 Å². The van der Waals surface area contributed by atoms with Crippen molar-refractivity contribution in [3.05, 3.63) is 29.8 Å². The van der Waals surface area contributed by atoms with Crippen molar-refractivity contribution in [2.24, 2.45) is 0 Å². The number of carbonyl (C=O) groups excluding carboxylic acids is 4. The molecule has 9 heteroatoms. The molecule has 1 aromatic carbocycles. The van der Waals surface area contributed by atoms with Gasteiger partial charge in [0.05, 0.1) is 0 Å². The molecule has 0 aromatic heterocycles. The third-order valence-electron chi connectivity index (χ3n) is 6.44. The minimum atomic E-state index is -0.740. The third kappa shape index (κ3) is 4.35. The van der Waals surface area contributed by atoms with Crippen LogP contribution in [0.3, 0.4) is 0 Å². The number of carbonyl (C=O) groups is 4. The first kappa shape index (κ1) is 21.1. The van der Waals surface area contributed by atoms with Crippen LogP contribution in [0, 0.1) is 6.92 Å². The monoisotopic (exact) mass is 427 g/mol. The number of benzene rings is 1. The summed E-state index contributed by atoms with van der Waals surface area (Å²) in [6.07, 6.45) is 3.31. The molecule has 4 rings (SSSR count). The molecule has 0 atom stereocenters. The number of urea groups is 2. The van der Waals surface area contributed by atoms with E-state index in [-0.39, 0.29) is 30.8 Å². The molecule has 1 aliphatic carbocycles. The summed E-state index contributed by atoms with van der Waals surface area (Å²) in [5.41, 5.74) is 1.07. The normalized spacial score (nSPS) is 20.4. The molecule has 166 valence electrons. The summed E-state index contributed by atoms with van der Waals surface area (Å²) >= 11 is 0. The van der Waals surface area contributed by atoms with Crippen molar-refractivity contribution in [3.63, 3.8) is 0 Å². The van der Waals surface area contributed by atoms with E-state index in [0.29, 0.717) is 39.0 Å². The lowest BCUT2D eigenvalue weighted by molar-refractivity contribution is -0.134. The number of hydrogen-bond acceptors (Lipinski definition) is 4. The van der Waals surface area contributed by atoms with Crippen LogP contribution in [0.4, 0.5) is 15.3 Å². The molecular weight excluding hydrogens is 398 g/mol. The Morgan fingerprint density at radius 1 is 1.06 bits per heavy atom. The second kappa shape index (κ2) is 8.56. The summed E-state index contributed by atoms with van der Waals surface area (Å²) in [7, 11) is 0. The molecule has 2 heterocycles. The largest absolute Gasteiger partial charge is 0.339 e. The minimum absolute atomic E-state index is 0.0965. The average molecular weight is 428 g/mol. The van der Waals surface area contributed by atoms with E-state index in [1.807, 2.05) is 31.2 Å². The van der Waals surface area contributed by atoms with Crippen LogP contribution in [0.25, 0.3) is 0 Å². The fraction of sp³-hybridized carbons (Fsp3) is 0.545. The van der Waals surface area contributed by atoms with E-state index >= 15 is 0 Å². The Kier molecular flexibility index (Phi) is 5.84. The molecule has 1 spiro atoms. The lowest BCUT2D eigenvalue weighted by atomic mass is 9.98. The number of nitrogens with one attached hydrogen (secondary N) is 2. The molecule has 6 amide bonds. The van der Waals surface area contributed by atoms with Gasteiger partial charge < -0.3 is 20.4 Å². The van der Waals surface area contributed by atoms with E-state index in [2.05, 4.69) is 10.6 Å².